The van der Waals surface area contributed by atoms with Crippen molar-refractivity contribution in [2.24, 2.45) is 0 Å². The van der Waals surface area contributed by atoms with E-state index in [9.17, 15) is 4.79 Å². The number of aromatic nitrogens is 4. The molecule has 0 atom stereocenters. The van der Waals surface area contributed by atoms with E-state index < -0.39 is 0 Å². The van der Waals surface area contributed by atoms with Crippen LogP contribution in [0, 0.1) is 0 Å². The minimum Gasteiger partial charge on any atom is -0.369 e. The molecule has 1 aliphatic heterocycles. The van der Waals surface area contributed by atoms with Crippen molar-refractivity contribution in [2.75, 3.05) is 36.8 Å². The summed E-state index contributed by atoms with van der Waals surface area (Å²) in [7, 11) is 0. The molecule has 0 unspecified atom stereocenters. The highest BCUT2D eigenvalue weighted by Gasteiger charge is 2.17. The highest BCUT2D eigenvalue weighted by atomic mass is 32.1. The molecule has 2 N–H and O–H groups in total. The Balaban J connectivity index is 1.28. The predicted molar refractivity (Wildman–Crippen MR) is 152 cm³/mol. The number of hydrogen-bond acceptors (Lipinski definition) is 8. The normalized spacial score (nSPS) is 13.6. The summed E-state index contributed by atoms with van der Waals surface area (Å²) in [5.41, 5.74) is 3.56. The average Bonchev–Trinajstić information content (AvgIpc) is 3.64. The van der Waals surface area contributed by atoms with Gasteiger partial charge in [-0.25, -0.2) is 15.0 Å². The van der Waals surface area contributed by atoms with Crippen LogP contribution in [0.3, 0.4) is 0 Å². The minimum atomic E-state index is -0.303. The van der Waals surface area contributed by atoms with Gasteiger partial charge in [0.15, 0.2) is 5.82 Å². The van der Waals surface area contributed by atoms with Crippen LogP contribution in [0.4, 0.5) is 11.5 Å². The zero-order valence-electron chi connectivity index (χ0n) is 20.8. The molecule has 190 valence electrons. The second kappa shape index (κ2) is 11.0. The van der Waals surface area contributed by atoms with Gasteiger partial charge in [-0.3, -0.25) is 9.78 Å². The van der Waals surface area contributed by atoms with Gasteiger partial charge in [0.25, 0.3) is 5.91 Å². The largest absolute Gasteiger partial charge is 0.369 e. The van der Waals surface area contributed by atoms with Crippen LogP contribution in [0.15, 0.2) is 79.1 Å². The summed E-state index contributed by atoms with van der Waals surface area (Å²) < 4.78 is 0.997. The van der Waals surface area contributed by atoms with Gasteiger partial charge in [-0.05, 0) is 44.1 Å². The number of fused-ring (bicyclic) bond motifs is 1. The Morgan fingerprint density at radius 2 is 1.76 bits per heavy atom. The molecule has 5 aromatic rings. The molecule has 0 radical (unpaired) electrons. The number of amides is 1. The fourth-order valence-corrected chi connectivity index (χ4v) is 5.55. The number of carbonyl (C=O) groups is 1. The van der Waals surface area contributed by atoms with Crippen LogP contribution >= 0.6 is 11.3 Å². The molecule has 2 aromatic carbocycles. The van der Waals surface area contributed by atoms with Gasteiger partial charge in [0, 0.05) is 42.7 Å². The quantitative estimate of drug-likeness (QED) is 0.275. The molecule has 1 saturated heterocycles. The van der Waals surface area contributed by atoms with Crippen molar-refractivity contribution < 1.29 is 4.79 Å². The van der Waals surface area contributed by atoms with E-state index in [0.29, 0.717) is 23.0 Å². The van der Waals surface area contributed by atoms with Gasteiger partial charge in [-0.1, -0.05) is 42.5 Å². The zero-order valence-corrected chi connectivity index (χ0v) is 21.6. The summed E-state index contributed by atoms with van der Waals surface area (Å²) in [5.74, 6) is 0.839. The topological polar surface area (TPSA) is 95.9 Å². The molecule has 38 heavy (non-hydrogen) atoms. The van der Waals surface area contributed by atoms with Crippen molar-refractivity contribution in [1.82, 2.24) is 24.8 Å². The van der Waals surface area contributed by atoms with E-state index in [2.05, 4.69) is 25.5 Å². The maximum absolute atomic E-state index is 13.5. The molecular formula is C29H27N7OS. The minimum absolute atomic E-state index is 0.297. The molecule has 8 nitrogen and oxygen atoms in total. The number of nitrogens with zero attached hydrogens (tertiary/aromatic N) is 5. The molecule has 1 amide bonds. The van der Waals surface area contributed by atoms with E-state index >= 15 is 0 Å². The van der Waals surface area contributed by atoms with Gasteiger partial charge < -0.3 is 15.5 Å². The third kappa shape index (κ3) is 5.39. The highest BCUT2D eigenvalue weighted by Crippen LogP contribution is 2.34. The first kappa shape index (κ1) is 24.1. The van der Waals surface area contributed by atoms with Crippen molar-refractivity contribution >= 4 is 39.0 Å². The summed E-state index contributed by atoms with van der Waals surface area (Å²) in [6, 6.07) is 21.0. The highest BCUT2D eigenvalue weighted by molar-refractivity contribution is 7.21. The molecule has 4 heterocycles. The number of para-hydroxylation sites is 1. The Bertz CT molecular complexity index is 1530. The lowest BCUT2D eigenvalue weighted by atomic mass is 10.1. The average molecular weight is 522 g/mol. The van der Waals surface area contributed by atoms with Gasteiger partial charge in [0.05, 0.1) is 15.9 Å². The number of anilines is 2. The molecule has 0 saturated carbocycles. The number of thiazole rings is 1. The van der Waals surface area contributed by atoms with Crippen LogP contribution in [0.25, 0.3) is 32.2 Å². The van der Waals surface area contributed by atoms with Crippen molar-refractivity contribution in [3.63, 3.8) is 0 Å². The van der Waals surface area contributed by atoms with Crippen molar-refractivity contribution in [3.8, 4) is 22.0 Å². The van der Waals surface area contributed by atoms with Crippen molar-refractivity contribution in [3.05, 3.63) is 84.8 Å². The standard InChI is InChI=1S/C29H27N7OS/c37-28(33-22-11-5-4-10-21(22)29-34-23-12-13-30-19-25(23)38-29)24-18-26(31-14-17-36-15-6-7-16-36)35-27(32-24)20-8-2-1-3-9-20/h1-5,8-13,18-19H,6-7,14-17H2,(H,33,37)(H,31,32,35). The summed E-state index contributed by atoms with van der Waals surface area (Å²) in [6.07, 6.45) is 6.05. The Kier molecular flexibility index (Phi) is 7.01. The SMILES string of the molecule is O=C(Nc1ccccc1-c1nc2ccncc2s1)c1cc(NCCN2CCCC2)nc(-c2ccccc2)n1. The van der Waals surface area contributed by atoms with Crippen molar-refractivity contribution in [1.29, 1.82) is 0 Å². The van der Waals surface area contributed by atoms with Crippen LogP contribution in [0.2, 0.25) is 0 Å². The number of benzene rings is 2. The molecule has 0 aliphatic carbocycles. The molecule has 1 fully saturated rings. The Morgan fingerprint density at radius 1 is 0.947 bits per heavy atom. The van der Waals surface area contributed by atoms with Crippen LogP contribution < -0.4 is 10.6 Å². The smallest absolute Gasteiger partial charge is 0.274 e. The van der Waals surface area contributed by atoms with E-state index in [4.69, 9.17) is 9.97 Å². The van der Waals surface area contributed by atoms with Crippen LogP contribution in [0.1, 0.15) is 23.3 Å². The lowest BCUT2D eigenvalue weighted by molar-refractivity contribution is 0.102. The van der Waals surface area contributed by atoms with E-state index in [1.54, 1.807) is 23.6 Å². The molecule has 6 rings (SSSR count). The lowest BCUT2D eigenvalue weighted by Crippen LogP contribution is -2.26. The van der Waals surface area contributed by atoms with E-state index in [-0.39, 0.29) is 5.91 Å². The number of carbonyl (C=O) groups excluding carboxylic acids is 1. The van der Waals surface area contributed by atoms with Crippen LogP contribution in [0.5, 0.6) is 0 Å². The molecular weight excluding hydrogens is 494 g/mol. The maximum Gasteiger partial charge on any atom is 0.274 e. The molecule has 9 heteroatoms. The second-order valence-electron chi connectivity index (χ2n) is 9.17. The second-order valence-corrected chi connectivity index (χ2v) is 10.2. The van der Waals surface area contributed by atoms with Gasteiger partial charge in [-0.15, -0.1) is 11.3 Å². The number of hydrogen-bond donors (Lipinski definition) is 2. The third-order valence-corrected chi connectivity index (χ3v) is 7.56. The summed E-state index contributed by atoms with van der Waals surface area (Å²) in [5, 5.41) is 7.29. The first-order chi connectivity index (χ1) is 18.7. The van der Waals surface area contributed by atoms with Crippen molar-refractivity contribution in [2.45, 2.75) is 12.8 Å². The first-order valence-electron chi connectivity index (χ1n) is 12.7. The Labute approximate surface area is 224 Å². The van der Waals surface area contributed by atoms with Gasteiger partial charge in [0.1, 0.15) is 16.5 Å². The Morgan fingerprint density at radius 3 is 2.61 bits per heavy atom. The number of rotatable bonds is 8. The molecule has 0 bridgehead atoms. The van der Waals surface area contributed by atoms with Gasteiger partial charge in [-0.2, -0.15) is 0 Å². The van der Waals surface area contributed by atoms with Crippen LogP contribution in [-0.4, -0.2) is 56.9 Å². The van der Waals surface area contributed by atoms with Crippen LogP contribution in [-0.2, 0) is 0 Å². The Hall–Kier alpha value is -4.21. The number of pyridine rings is 1. The van der Waals surface area contributed by atoms with Gasteiger partial charge in [0.2, 0.25) is 0 Å². The number of likely N-dealkylation sites (tertiary alicyclic amines) is 1. The lowest BCUT2D eigenvalue weighted by Gasteiger charge is -2.16. The zero-order chi connectivity index (χ0) is 25.7. The van der Waals surface area contributed by atoms with E-state index in [1.807, 2.05) is 66.9 Å². The maximum atomic E-state index is 13.5. The third-order valence-electron chi connectivity index (χ3n) is 6.52. The fourth-order valence-electron chi connectivity index (χ4n) is 4.58. The number of nitrogens with one attached hydrogen (secondary N) is 2. The molecule has 1 aliphatic rings. The van der Waals surface area contributed by atoms with Gasteiger partial charge >= 0.3 is 0 Å². The fraction of sp³-hybridized carbons (Fsp3) is 0.207. The molecule has 3 aromatic heterocycles. The first-order valence-corrected chi connectivity index (χ1v) is 13.6. The monoisotopic (exact) mass is 521 g/mol. The summed E-state index contributed by atoms with van der Waals surface area (Å²) in [6.45, 7) is 3.97. The predicted octanol–water partition coefficient (Wildman–Crippen LogP) is 5.58. The van der Waals surface area contributed by atoms with E-state index in [0.717, 1.165) is 52.5 Å². The van der Waals surface area contributed by atoms with E-state index in [1.165, 1.54) is 12.8 Å². The summed E-state index contributed by atoms with van der Waals surface area (Å²) in [4.78, 5) is 34.2. The summed E-state index contributed by atoms with van der Waals surface area (Å²) >= 11 is 1.54. The molecule has 0 spiro atoms.